The molecule has 0 unspecified atom stereocenters. The second kappa shape index (κ2) is 8.42. The van der Waals surface area contributed by atoms with Crippen LogP contribution in [0.15, 0.2) is 66.0 Å². The topological polar surface area (TPSA) is 75.3 Å². The maximum Gasteiger partial charge on any atom is 0.261 e. The zero-order valence-corrected chi connectivity index (χ0v) is 15.5. The van der Waals surface area contributed by atoms with Crippen LogP contribution in [-0.2, 0) is 6.54 Å². The highest BCUT2D eigenvalue weighted by atomic mass is 32.1. The highest BCUT2D eigenvalue weighted by Gasteiger charge is 2.09. The van der Waals surface area contributed by atoms with Crippen molar-refractivity contribution in [2.45, 2.75) is 13.5 Å². The van der Waals surface area contributed by atoms with Gasteiger partial charge in [-0.25, -0.2) is 0 Å². The number of benzene rings is 2. The lowest BCUT2D eigenvalue weighted by Gasteiger charge is -2.08. The van der Waals surface area contributed by atoms with Crippen LogP contribution in [0, 0.1) is 0 Å². The van der Waals surface area contributed by atoms with E-state index < -0.39 is 0 Å². The fraction of sp³-hybridized carbons (Fsp3) is 0.0952. The Morgan fingerprint density at radius 1 is 0.889 bits per heavy atom. The molecule has 0 spiro atoms. The van der Waals surface area contributed by atoms with Crippen molar-refractivity contribution in [2.75, 3.05) is 5.32 Å². The Bertz CT molecular complexity index is 963. The van der Waals surface area contributed by atoms with Gasteiger partial charge in [-0.1, -0.05) is 30.3 Å². The van der Waals surface area contributed by atoms with Gasteiger partial charge in [0.25, 0.3) is 11.8 Å². The maximum absolute atomic E-state index is 12.4. The van der Waals surface area contributed by atoms with E-state index in [4.69, 9.17) is 0 Å². The smallest absolute Gasteiger partial charge is 0.261 e. The van der Waals surface area contributed by atoms with Gasteiger partial charge in [0.05, 0.1) is 4.88 Å². The molecule has 1 aromatic heterocycles. The van der Waals surface area contributed by atoms with E-state index in [2.05, 4.69) is 10.6 Å². The number of carbonyl (C=O) groups is 3. The van der Waals surface area contributed by atoms with Crippen LogP contribution < -0.4 is 10.6 Å². The standard InChI is InChI=1S/C21H18N2O3S/c1-14(24)17-4-2-5-18(12-17)23-20(25)16-9-7-15(8-10-16)13-22-21(26)19-6-3-11-27-19/h2-12H,13H2,1H3,(H,22,26)(H,23,25). The van der Waals surface area contributed by atoms with Crippen LogP contribution in [0.3, 0.4) is 0 Å². The first kappa shape index (κ1) is 18.5. The molecule has 0 bridgehead atoms. The normalized spacial score (nSPS) is 10.3. The molecule has 27 heavy (non-hydrogen) atoms. The van der Waals surface area contributed by atoms with Gasteiger partial charge in [-0.3, -0.25) is 14.4 Å². The Labute approximate surface area is 161 Å². The Balaban J connectivity index is 1.59. The predicted octanol–water partition coefficient (Wildman–Crippen LogP) is 4.13. The Morgan fingerprint density at radius 2 is 1.67 bits per heavy atom. The van der Waals surface area contributed by atoms with E-state index >= 15 is 0 Å². The first-order chi connectivity index (χ1) is 13.0. The minimum atomic E-state index is -0.259. The highest BCUT2D eigenvalue weighted by molar-refractivity contribution is 7.12. The van der Waals surface area contributed by atoms with E-state index in [1.54, 1.807) is 54.6 Å². The Kier molecular flexibility index (Phi) is 5.78. The third-order valence-corrected chi connectivity index (χ3v) is 4.81. The van der Waals surface area contributed by atoms with Crippen LogP contribution >= 0.6 is 11.3 Å². The molecule has 2 amide bonds. The zero-order valence-electron chi connectivity index (χ0n) is 14.7. The summed E-state index contributed by atoms with van der Waals surface area (Å²) in [5.74, 6) is -0.429. The van der Waals surface area contributed by atoms with E-state index in [1.807, 2.05) is 11.4 Å². The molecular formula is C21H18N2O3S. The molecular weight excluding hydrogens is 360 g/mol. The Hall–Kier alpha value is -3.25. The number of amides is 2. The summed E-state index contributed by atoms with van der Waals surface area (Å²) >= 11 is 1.39. The van der Waals surface area contributed by atoms with Crippen molar-refractivity contribution in [3.05, 3.63) is 87.6 Å². The van der Waals surface area contributed by atoms with E-state index in [1.165, 1.54) is 18.3 Å². The van der Waals surface area contributed by atoms with Crippen molar-refractivity contribution < 1.29 is 14.4 Å². The molecule has 3 aromatic rings. The van der Waals surface area contributed by atoms with Crippen molar-refractivity contribution in [1.29, 1.82) is 0 Å². The summed E-state index contributed by atoms with van der Waals surface area (Å²) in [4.78, 5) is 36.4. The van der Waals surface area contributed by atoms with Crippen LogP contribution in [0.4, 0.5) is 5.69 Å². The van der Waals surface area contributed by atoms with E-state index in [0.717, 1.165) is 5.56 Å². The number of Topliss-reactive ketones (excluding diaryl/α,β-unsaturated/α-hetero) is 1. The molecule has 0 saturated carbocycles. The van der Waals surface area contributed by atoms with Gasteiger partial charge in [-0.2, -0.15) is 0 Å². The molecule has 5 nitrogen and oxygen atoms in total. The van der Waals surface area contributed by atoms with Crippen LogP contribution in [-0.4, -0.2) is 17.6 Å². The minimum absolute atomic E-state index is 0.0555. The summed E-state index contributed by atoms with van der Waals surface area (Å²) in [7, 11) is 0. The number of ketones is 1. The molecule has 2 N–H and O–H groups in total. The molecule has 2 aromatic carbocycles. The lowest BCUT2D eigenvalue weighted by molar-refractivity contribution is 0.0953. The van der Waals surface area contributed by atoms with Gasteiger partial charge in [-0.15, -0.1) is 11.3 Å². The molecule has 0 atom stereocenters. The molecule has 0 aliphatic heterocycles. The number of rotatable bonds is 6. The lowest BCUT2D eigenvalue weighted by Crippen LogP contribution is -2.21. The van der Waals surface area contributed by atoms with Crippen LogP contribution in [0.2, 0.25) is 0 Å². The van der Waals surface area contributed by atoms with Gasteiger partial charge in [0.15, 0.2) is 5.78 Å². The summed E-state index contributed by atoms with van der Waals surface area (Å²) in [6.45, 7) is 1.87. The molecule has 6 heteroatoms. The van der Waals surface area contributed by atoms with Crippen molar-refractivity contribution in [3.8, 4) is 0 Å². The van der Waals surface area contributed by atoms with Crippen LogP contribution in [0.1, 0.15) is 42.9 Å². The third kappa shape index (κ3) is 4.89. The van der Waals surface area contributed by atoms with Crippen molar-refractivity contribution in [2.24, 2.45) is 0 Å². The quantitative estimate of drug-likeness (QED) is 0.633. The summed E-state index contributed by atoms with van der Waals surface area (Å²) in [6.07, 6.45) is 0. The zero-order chi connectivity index (χ0) is 19.2. The molecule has 0 saturated heterocycles. The number of thiophene rings is 1. The van der Waals surface area contributed by atoms with Crippen molar-refractivity contribution in [3.63, 3.8) is 0 Å². The van der Waals surface area contributed by atoms with Crippen LogP contribution in [0.5, 0.6) is 0 Å². The van der Waals surface area contributed by atoms with Gasteiger partial charge in [0, 0.05) is 23.4 Å². The molecule has 1 heterocycles. The summed E-state index contributed by atoms with van der Waals surface area (Å²) < 4.78 is 0. The fourth-order valence-corrected chi connectivity index (χ4v) is 3.11. The minimum Gasteiger partial charge on any atom is -0.347 e. The van der Waals surface area contributed by atoms with E-state index in [0.29, 0.717) is 28.2 Å². The molecule has 136 valence electrons. The lowest BCUT2D eigenvalue weighted by atomic mass is 10.1. The molecule has 3 rings (SSSR count). The average molecular weight is 378 g/mol. The highest BCUT2D eigenvalue weighted by Crippen LogP contribution is 2.14. The van der Waals surface area contributed by atoms with Gasteiger partial charge in [0.2, 0.25) is 0 Å². The van der Waals surface area contributed by atoms with Gasteiger partial charge >= 0.3 is 0 Å². The SMILES string of the molecule is CC(=O)c1cccc(NC(=O)c2ccc(CNC(=O)c3cccs3)cc2)c1. The number of anilines is 1. The largest absolute Gasteiger partial charge is 0.347 e. The van der Waals surface area contributed by atoms with Gasteiger partial charge in [-0.05, 0) is 48.2 Å². The van der Waals surface area contributed by atoms with Crippen molar-refractivity contribution >= 4 is 34.6 Å². The van der Waals surface area contributed by atoms with Crippen LogP contribution in [0.25, 0.3) is 0 Å². The first-order valence-electron chi connectivity index (χ1n) is 8.36. The van der Waals surface area contributed by atoms with Gasteiger partial charge < -0.3 is 10.6 Å². The predicted molar refractivity (Wildman–Crippen MR) is 106 cm³/mol. The number of hydrogen-bond acceptors (Lipinski definition) is 4. The summed E-state index contributed by atoms with van der Waals surface area (Å²) in [6, 6.07) is 17.4. The maximum atomic E-state index is 12.4. The summed E-state index contributed by atoms with van der Waals surface area (Å²) in [5, 5.41) is 7.48. The van der Waals surface area contributed by atoms with Gasteiger partial charge in [0.1, 0.15) is 0 Å². The fourth-order valence-electron chi connectivity index (χ4n) is 2.47. The van der Waals surface area contributed by atoms with E-state index in [9.17, 15) is 14.4 Å². The molecule has 0 radical (unpaired) electrons. The average Bonchev–Trinajstić information content (AvgIpc) is 3.21. The number of hydrogen-bond donors (Lipinski definition) is 2. The number of nitrogens with one attached hydrogen (secondary N) is 2. The van der Waals surface area contributed by atoms with E-state index in [-0.39, 0.29) is 17.6 Å². The summed E-state index contributed by atoms with van der Waals surface area (Å²) in [5.41, 5.74) is 2.51. The second-order valence-corrected chi connectivity index (χ2v) is 6.90. The molecule has 0 fully saturated rings. The second-order valence-electron chi connectivity index (χ2n) is 5.95. The van der Waals surface area contributed by atoms with Crippen molar-refractivity contribution in [1.82, 2.24) is 5.32 Å². The first-order valence-corrected chi connectivity index (χ1v) is 9.24. The monoisotopic (exact) mass is 378 g/mol. The molecule has 0 aliphatic rings. The third-order valence-electron chi connectivity index (χ3n) is 3.94. The number of carbonyl (C=O) groups excluding carboxylic acids is 3. The Morgan fingerprint density at radius 3 is 2.33 bits per heavy atom. The molecule has 0 aliphatic carbocycles.